The van der Waals surface area contributed by atoms with E-state index in [0.29, 0.717) is 18.8 Å². The number of sulfonamides is 1. The average molecular weight is 395 g/mol. The van der Waals surface area contributed by atoms with E-state index in [-0.39, 0.29) is 23.3 Å². The van der Waals surface area contributed by atoms with E-state index in [1.54, 1.807) is 11.9 Å². The van der Waals surface area contributed by atoms with Gasteiger partial charge in [-0.15, -0.1) is 0 Å². The van der Waals surface area contributed by atoms with E-state index < -0.39 is 27.1 Å². The molecule has 1 aliphatic rings. The summed E-state index contributed by atoms with van der Waals surface area (Å²) in [5.41, 5.74) is -0.550. The lowest BCUT2D eigenvalue weighted by Gasteiger charge is -2.34. The largest absolute Gasteiger partial charge is 0.503 e. The second kappa shape index (κ2) is 6.82. The van der Waals surface area contributed by atoms with Crippen LogP contribution >= 0.6 is 0 Å². The first kappa shape index (κ1) is 19.1. The summed E-state index contributed by atoms with van der Waals surface area (Å²) in [6, 6.07) is 1.05. The van der Waals surface area contributed by atoms with E-state index in [9.17, 15) is 23.1 Å². The molecule has 0 saturated carbocycles. The molecule has 0 radical (unpaired) electrons. The first-order chi connectivity index (χ1) is 12.6. The summed E-state index contributed by atoms with van der Waals surface area (Å²) in [5.74, 6) is -1.08. The maximum Gasteiger partial charge on any atom is 0.274 e. The van der Waals surface area contributed by atoms with Crippen molar-refractivity contribution in [1.82, 2.24) is 23.7 Å². The third-order valence-corrected chi connectivity index (χ3v) is 5.71. The van der Waals surface area contributed by atoms with Gasteiger partial charge in [-0.3, -0.25) is 9.59 Å². The van der Waals surface area contributed by atoms with Crippen molar-refractivity contribution >= 4 is 15.9 Å². The Hall–Kier alpha value is -2.66. The van der Waals surface area contributed by atoms with Gasteiger partial charge < -0.3 is 19.1 Å². The van der Waals surface area contributed by atoms with Crippen LogP contribution in [0.5, 0.6) is 5.75 Å². The summed E-state index contributed by atoms with van der Waals surface area (Å²) in [6.07, 6.45) is 2.71. The molecule has 1 amide bonds. The van der Waals surface area contributed by atoms with Crippen molar-refractivity contribution in [3.05, 3.63) is 40.2 Å². The standard InChI is InChI=1S/C16H21N5O5S/c1-10(2)20-4-5-21-11(6-12(22)15(23)14(21)16(20)24)7-18-27(25,26)13-8-19(3)9-17-13/h6,8-10,18,23H,4-5,7H2,1-3H3. The van der Waals surface area contributed by atoms with E-state index in [2.05, 4.69) is 9.71 Å². The zero-order valence-electron chi connectivity index (χ0n) is 15.2. The molecular formula is C16H21N5O5S. The monoisotopic (exact) mass is 395 g/mol. The Morgan fingerprint density at radius 1 is 1.30 bits per heavy atom. The minimum atomic E-state index is -3.88. The van der Waals surface area contributed by atoms with Crippen molar-refractivity contribution < 1.29 is 18.3 Å². The van der Waals surface area contributed by atoms with Gasteiger partial charge in [0.1, 0.15) is 0 Å². The summed E-state index contributed by atoms with van der Waals surface area (Å²) < 4.78 is 30.1. The Morgan fingerprint density at radius 2 is 2.00 bits per heavy atom. The van der Waals surface area contributed by atoms with Gasteiger partial charge in [0.2, 0.25) is 5.43 Å². The van der Waals surface area contributed by atoms with Gasteiger partial charge in [-0.25, -0.2) is 18.1 Å². The van der Waals surface area contributed by atoms with Crippen LogP contribution in [0, 0.1) is 0 Å². The molecule has 11 heteroatoms. The lowest BCUT2D eigenvalue weighted by molar-refractivity contribution is 0.0639. The molecule has 10 nitrogen and oxygen atoms in total. The number of fused-ring (bicyclic) bond motifs is 1. The Labute approximate surface area is 156 Å². The van der Waals surface area contributed by atoms with Gasteiger partial charge in [-0.2, -0.15) is 0 Å². The van der Waals surface area contributed by atoms with Gasteiger partial charge in [0.15, 0.2) is 16.5 Å². The number of aryl methyl sites for hydroxylation is 1. The van der Waals surface area contributed by atoms with E-state index in [1.165, 1.54) is 21.7 Å². The first-order valence-electron chi connectivity index (χ1n) is 8.36. The van der Waals surface area contributed by atoms with E-state index in [0.717, 1.165) is 6.07 Å². The fraction of sp³-hybridized carbons (Fsp3) is 0.438. The number of hydrogen-bond acceptors (Lipinski definition) is 6. The highest BCUT2D eigenvalue weighted by Crippen LogP contribution is 2.22. The average Bonchev–Trinajstić information content (AvgIpc) is 3.04. The lowest BCUT2D eigenvalue weighted by Crippen LogP contribution is -2.46. The summed E-state index contributed by atoms with van der Waals surface area (Å²) in [4.78, 5) is 30.1. The van der Waals surface area contributed by atoms with Crippen molar-refractivity contribution in [2.75, 3.05) is 6.54 Å². The van der Waals surface area contributed by atoms with Gasteiger partial charge >= 0.3 is 0 Å². The minimum absolute atomic E-state index is 0.0907. The van der Waals surface area contributed by atoms with Crippen molar-refractivity contribution in [2.45, 2.75) is 38.0 Å². The number of carbonyl (C=O) groups is 1. The maximum atomic E-state index is 12.7. The van der Waals surface area contributed by atoms with Gasteiger partial charge in [-0.05, 0) is 13.8 Å². The minimum Gasteiger partial charge on any atom is -0.503 e. The molecule has 27 heavy (non-hydrogen) atoms. The van der Waals surface area contributed by atoms with Gasteiger partial charge in [-0.1, -0.05) is 0 Å². The fourth-order valence-corrected chi connectivity index (χ4v) is 3.99. The third kappa shape index (κ3) is 3.47. The quantitative estimate of drug-likeness (QED) is 0.711. The molecule has 2 aromatic rings. The number of aromatic hydroxyl groups is 1. The third-order valence-electron chi connectivity index (χ3n) is 4.42. The zero-order valence-corrected chi connectivity index (χ0v) is 16.0. The fourth-order valence-electron chi connectivity index (χ4n) is 3.01. The molecule has 2 N–H and O–H groups in total. The number of carbonyl (C=O) groups excluding carboxylic acids is 1. The van der Waals surface area contributed by atoms with Gasteiger partial charge in [0, 0.05) is 44.1 Å². The van der Waals surface area contributed by atoms with Crippen molar-refractivity contribution in [3.8, 4) is 5.75 Å². The first-order valence-corrected chi connectivity index (χ1v) is 9.84. The Kier molecular flexibility index (Phi) is 4.82. The van der Waals surface area contributed by atoms with Crippen molar-refractivity contribution in [3.63, 3.8) is 0 Å². The second-order valence-electron chi connectivity index (χ2n) is 6.64. The van der Waals surface area contributed by atoms with Crippen LogP contribution in [-0.2, 0) is 30.2 Å². The van der Waals surface area contributed by atoms with Crippen LogP contribution in [0.25, 0.3) is 0 Å². The molecule has 3 rings (SSSR count). The molecule has 0 fully saturated rings. The molecule has 0 bridgehead atoms. The predicted molar refractivity (Wildman–Crippen MR) is 95.8 cm³/mol. The lowest BCUT2D eigenvalue weighted by atomic mass is 10.1. The topological polar surface area (TPSA) is 127 Å². The zero-order chi connectivity index (χ0) is 19.9. The van der Waals surface area contributed by atoms with Crippen LogP contribution < -0.4 is 10.2 Å². The number of amides is 1. The molecule has 0 aliphatic carbocycles. The van der Waals surface area contributed by atoms with Crippen LogP contribution in [0.3, 0.4) is 0 Å². The SMILES string of the molecule is CC(C)N1CCn2c(CNS(=O)(=O)c3cn(C)cn3)cc(=O)c(O)c2C1=O. The number of imidazole rings is 1. The normalized spacial score (nSPS) is 14.7. The number of rotatable bonds is 5. The summed E-state index contributed by atoms with van der Waals surface area (Å²) >= 11 is 0. The van der Waals surface area contributed by atoms with Gasteiger partial charge in [0.05, 0.1) is 12.9 Å². The maximum absolute atomic E-state index is 12.7. The van der Waals surface area contributed by atoms with Crippen molar-refractivity contribution in [1.29, 1.82) is 0 Å². The highest BCUT2D eigenvalue weighted by atomic mass is 32.2. The van der Waals surface area contributed by atoms with Gasteiger partial charge in [0.25, 0.3) is 15.9 Å². The molecule has 0 aromatic carbocycles. The Balaban J connectivity index is 1.95. The molecule has 2 aromatic heterocycles. The molecular weight excluding hydrogens is 374 g/mol. The smallest absolute Gasteiger partial charge is 0.274 e. The Morgan fingerprint density at radius 3 is 2.59 bits per heavy atom. The summed E-state index contributed by atoms with van der Waals surface area (Å²) in [7, 11) is -2.23. The number of aromatic nitrogens is 3. The highest BCUT2D eigenvalue weighted by molar-refractivity contribution is 7.89. The molecule has 3 heterocycles. The number of hydrogen-bond donors (Lipinski definition) is 2. The molecule has 0 spiro atoms. The van der Waals surface area contributed by atoms with Crippen molar-refractivity contribution in [2.24, 2.45) is 7.05 Å². The van der Waals surface area contributed by atoms with E-state index in [1.807, 2.05) is 13.8 Å². The molecule has 0 atom stereocenters. The second-order valence-corrected chi connectivity index (χ2v) is 8.36. The van der Waals surface area contributed by atoms with E-state index in [4.69, 9.17) is 0 Å². The highest BCUT2D eigenvalue weighted by Gasteiger charge is 2.31. The molecule has 0 unspecified atom stereocenters. The molecule has 146 valence electrons. The molecule has 0 saturated heterocycles. The van der Waals surface area contributed by atoms with Crippen LogP contribution in [0.2, 0.25) is 0 Å². The number of pyridine rings is 1. The Bertz CT molecular complexity index is 1050. The number of nitrogens with zero attached hydrogens (tertiary/aromatic N) is 4. The van der Waals surface area contributed by atoms with Crippen LogP contribution in [0.1, 0.15) is 30.0 Å². The van der Waals surface area contributed by atoms with E-state index >= 15 is 0 Å². The van der Waals surface area contributed by atoms with Crippen LogP contribution in [-0.4, -0.2) is 51.0 Å². The predicted octanol–water partition coefficient (Wildman–Crippen LogP) is -0.370. The molecule has 1 aliphatic heterocycles. The van der Waals surface area contributed by atoms with Crippen LogP contribution in [0.4, 0.5) is 0 Å². The summed E-state index contributed by atoms with van der Waals surface area (Å²) in [5, 5.41) is 9.97. The van der Waals surface area contributed by atoms with Crippen LogP contribution in [0.15, 0.2) is 28.4 Å². The summed E-state index contributed by atoms with van der Waals surface area (Å²) in [6.45, 7) is 4.21. The number of nitrogens with one attached hydrogen (secondary N) is 1.